The number of amides is 1. The zero-order valence-corrected chi connectivity index (χ0v) is 13.6. The number of nitrogens with zero attached hydrogens (tertiary/aromatic N) is 1. The Morgan fingerprint density at radius 3 is 2.64 bits per heavy atom. The number of pyridine rings is 1. The van der Waals surface area contributed by atoms with E-state index in [1.165, 1.54) is 0 Å². The summed E-state index contributed by atoms with van der Waals surface area (Å²) < 4.78 is 5.12. The molecule has 6 nitrogen and oxygen atoms in total. The molecule has 1 aromatic rings. The van der Waals surface area contributed by atoms with Gasteiger partial charge in [-0.05, 0) is 39.5 Å². The Bertz CT molecular complexity index is 511. The SMILES string of the molecule is COc1cc(NC2CCC(C(=O)NC(C)C)CC2)c(N)cn1. The van der Waals surface area contributed by atoms with Crippen LogP contribution in [0.1, 0.15) is 39.5 Å². The standard InChI is InChI=1S/C16H26N4O2/c1-10(2)19-16(21)11-4-6-12(7-5-11)20-14-8-15(22-3)18-9-13(14)17/h8-12H,4-7,17H2,1-3H3,(H,18,20)(H,19,21). The van der Waals surface area contributed by atoms with Crippen molar-refractivity contribution in [3.8, 4) is 5.88 Å². The fraction of sp³-hybridized carbons (Fsp3) is 0.625. The van der Waals surface area contributed by atoms with Crippen molar-refractivity contribution in [3.05, 3.63) is 12.3 Å². The lowest BCUT2D eigenvalue weighted by Gasteiger charge is -2.30. The highest BCUT2D eigenvalue weighted by atomic mass is 16.5. The summed E-state index contributed by atoms with van der Waals surface area (Å²) in [6.45, 7) is 3.98. The van der Waals surface area contributed by atoms with Crippen LogP contribution in [0.3, 0.4) is 0 Å². The minimum absolute atomic E-state index is 0.129. The molecule has 0 radical (unpaired) electrons. The van der Waals surface area contributed by atoms with Crippen LogP contribution in [0.2, 0.25) is 0 Å². The first-order chi connectivity index (χ1) is 10.5. The van der Waals surface area contributed by atoms with Crippen molar-refractivity contribution in [2.75, 3.05) is 18.2 Å². The first kappa shape index (κ1) is 16.4. The number of nitrogens with two attached hydrogens (primary N) is 1. The Hall–Kier alpha value is -1.98. The van der Waals surface area contributed by atoms with Crippen LogP contribution < -0.4 is 21.1 Å². The summed E-state index contributed by atoms with van der Waals surface area (Å²) in [5.41, 5.74) is 7.41. The number of hydrogen-bond donors (Lipinski definition) is 3. The summed E-state index contributed by atoms with van der Waals surface area (Å²) >= 11 is 0. The van der Waals surface area contributed by atoms with Gasteiger partial charge in [0.15, 0.2) is 0 Å². The van der Waals surface area contributed by atoms with Crippen molar-refractivity contribution in [2.24, 2.45) is 5.92 Å². The molecule has 1 aliphatic rings. The maximum Gasteiger partial charge on any atom is 0.223 e. The van der Waals surface area contributed by atoms with E-state index in [-0.39, 0.29) is 17.9 Å². The van der Waals surface area contributed by atoms with Gasteiger partial charge in [-0.1, -0.05) is 0 Å². The fourth-order valence-corrected chi connectivity index (χ4v) is 2.81. The summed E-state index contributed by atoms with van der Waals surface area (Å²) in [4.78, 5) is 16.1. The van der Waals surface area contributed by atoms with Gasteiger partial charge >= 0.3 is 0 Å². The van der Waals surface area contributed by atoms with Crippen molar-refractivity contribution in [1.29, 1.82) is 0 Å². The summed E-state index contributed by atoms with van der Waals surface area (Å²) in [6, 6.07) is 2.34. The van der Waals surface area contributed by atoms with E-state index in [2.05, 4.69) is 15.6 Å². The van der Waals surface area contributed by atoms with Gasteiger partial charge in [0.2, 0.25) is 11.8 Å². The summed E-state index contributed by atoms with van der Waals surface area (Å²) in [7, 11) is 1.58. The zero-order chi connectivity index (χ0) is 16.1. The second-order valence-corrected chi connectivity index (χ2v) is 6.17. The highest BCUT2D eigenvalue weighted by Crippen LogP contribution is 2.29. The summed E-state index contributed by atoms with van der Waals surface area (Å²) in [5, 5.41) is 6.44. The van der Waals surface area contributed by atoms with Gasteiger partial charge in [-0.3, -0.25) is 4.79 Å². The van der Waals surface area contributed by atoms with Crippen molar-refractivity contribution in [1.82, 2.24) is 10.3 Å². The third-order valence-corrected chi connectivity index (χ3v) is 4.01. The van der Waals surface area contributed by atoms with E-state index in [4.69, 9.17) is 10.5 Å². The second kappa shape index (κ2) is 7.33. The maximum absolute atomic E-state index is 12.0. The van der Waals surface area contributed by atoms with Crippen molar-refractivity contribution >= 4 is 17.3 Å². The second-order valence-electron chi connectivity index (χ2n) is 6.17. The van der Waals surface area contributed by atoms with E-state index < -0.39 is 0 Å². The molecule has 0 atom stereocenters. The highest BCUT2D eigenvalue weighted by Gasteiger charge is 2.26. The summed E-state index contributed by atoms with van der Waals surface area (Å²) in [5.74, 6) is 0.852. The molecule has 0 unspecified atom stereocenters. The Balaban J connectivity index is 1.88. The molecule has 4 N–H and O–H groups in total. The normalized spacial score (nSPS) is 21.5. The average molecular weight is 306 g/mol. The molecule has 0 aliphatic heterocycles. The molecule has 6 heteroatoms. The van der Waals surface area contributed by atoms with E-state index in [1.54, 1.807) is 13.3 Å². The van der Waals surface area contributed by atoms with E-state index in [0.717, 1.165) is 31.4 Å². The number of rotatable bonds is 5. The van der Waals surface area contributed by atoms with Crippen molar-refractivity contribution < 1.29 is 9.53 Å². The van der Waals surface area contributed by atoms with Gasteiger partial charge in [0, 0.05) is 24.1 Å². The Morgan fingerprint density at radius 1 is 1.36 bits per heavy atom. The van der Waals surface area contributed by atoms with Gasteiger partial charge in [-0.2, -0.15) is 0 Å². The molecule has 22 heavy (non-hydrogen) atoms. The maximum atomic E-state index is 12.0. The van der Waals surface area contributed by atoms with Crippen molar-refractivity contribution in [2.45, 2.75) is 51.6 Å². The number of hydrogen-bond acceptors (Lipinski definition) is 5. The number of carbonyl (C=O) groups excluding carboxylic acids is 1. The minimum Gasteiger partial charge on any atom is -0.481 e. The van der Waals surface area contributed by atoms with Crippen LogP contribution in [0, 0.1) is 5.92 Å². The van der Waals surface area contributed by atoms with E-state index in [1.807, 2.05) is 19.9 Å². The molecule has 0 saturated heterocycles. The van der Waals surface area contributed by atoms with Crippen molar-refractivity contribution in [3.63, 3.8) is 0 Å². The van der Waals surface area contributed by atoms with E-state index >= 15 is 0 Å². The number of nitrogens with one attached hydrogen (secondary N) is 2. The van der Waals surface area contributed by atoms with E-state index in [0.29, 0.717) is 17.6 Å². The molecule has 1 saturated carbocycles. The quantitative estimate of drug-likeness (QED) is 0.776. The molecule has 1 aromatic heterocycles. The lowest BCUT2D eigenvalue weighted by atomic mass is 9.85. The lowest BCUT2D eigenvalue weighted by molar-refractivity contribution is -0.126. The molecule has 0 spiro atoms. The van der Waals surface area contributed by atoms with Gasteiger partial charge in [0.25, 0.3) is 0 Å². The van der Waals surface area contributed by atoms with Crippen LogP contribution in [0.4, 0.5) is 11.4 Å². The van der Waals surface area contributed by atoms with Crippen LogP contribution in [0.5, 0.6) is 5.88 Å². The number of ether oxygens (including phenoxy) is 1. The third kappa shape index (κ3) is 4.26. The molecule has 1 amide bonds. The fourth-order valence-electron chi connectivity index (χ4n) is 2.81. The predicted molar refractivity (Wildman–Crippen MR) is 87.8 cm³/mol. The van der Waals surface area contributed by atoms with Gasteiger partial charge in [0.1, 0.15) is 0 Å². The first-order valence-electron chi connectivity index (χ1n) is 7.86. The molecular weight excluding hydrogens is 280 g/mol. The van der Waals surface area contributed by atoms with Gasteiger partial charge < -0.3 is 21.1 Å². The van der Waals surface area contributed by atoms with Crippen LogP contribution in [-0.2, 0) is 4.79 Å². The highest BCUT2D eigenvalue weighted by molar-refractivity contribution is 5.79. The molecule has 0 bridgehead atoms. The average Bonchev–Trinajstić information content (AvgIpc) is 2.49. The van der Waals surface area contributed by atoms with Crippen LogP contribution in [0.15, 0.2) is 12.3 Å². The largest absolute Gasteiger partial charge is 0.481 e. The minimum atomic E-state index is 0.129. The summed E-state index contributed by atoms with van der Waals surface area (Å²) in [6.07, 6.45) is 5.32. The Morgan fingerprint density at radius 2 is 2.05 bits per heavy atom. The Labute approximate surface area is 131 Å². The monoisotopic (exact) mass is 306 g/mol. The molecule has 0 aromatic carbocycles. The number of nitrogen functional groups attached to an aromatic ring is 1. The van der Waals surface area contributed by atoms with E-state index in [9.17, 15) is 4.79 Å². The zero-order valence-electron chi connectivity index (χ0n) is 13.6. The molecule has 1 aliphatic carbocycles. The topological polar surface area (TPSA) is 89.3 Å². The van der Waals surface area contributed by atoms with Crippen LogP contribution in [-0.4, -0.2) is 30.1 Å². The molecule has 1 fully saturated rings. The number of methoxy groups -OCH3 is 1. The first-order valence-corrected chi connectivity index (χ1v) is 7.86. The van der Waals surface area contributed by atoms with Crippen LogP contribution in [0.25, 0.3) is 0 Å². The third-order valence-electron chi connectivity index (χ3n) is 4.01. The predicted octanol–water partition coefficient (Wildman–Crippen LogP) is 2.17. The smallest absolute Gasteiger partial charge is 0.223 e. The number of carbonyl (C=O) groups is 1. The van der Waals surface area contributed by atoms with Gasteiger partial charge in [0.05, 0.1) is 24.7 Å². The number of aromatic nitrogens is 1. The van der Waals surface area contributed by atoms with Crippen LogP contribution >= 0.6 is 0 Å². The molecule has 1 heterocycles. The molecular formula is C16H26N4O2. The van der Waals surface area contributed by atoms with Gasteiger partial charge in [-0.15, -0.1) is 0 Å². The molecule has 122 valence electrons. The number of anilines is 2. The van der Waals surface area contributed by atoms with Gasteiger partial charge in [-0.25, -0.2) is 4.98 Å². The Kier molecular flexibility index (Phi) is 5.46. The molecule has 2 rings (SSSR count). The lowest BCUT2D eigenvalue weighted by Crippen LogP contribution is -2.38.